The van der Waals surface area contributed by atoms with Crippen LogP contribution in [0.3, 0.4) is 0 Å². The van der Waals surface area contributed by atoms with Crippen molar-refractivity contribution in [3.8, 4) is 0 Å². The first-order valence-corrected chi connectivity index (χ1v) is 7.62. The van der Waals surface area contributed by atoms with Crippen LogP contribution in [0.2, 0.25) is 0 Å². The monoisotopic (exact) mass is 265 g/mol. The summed E-state index contributed by atoms with van der Waals surface area (Å²) in [6.45, 7) is 13.3. The molecule has 1 nitrogen and oxygen atoms in total. The van der Waals surface area contributed by atoms with Gasteiger partial charge in [-0.1, -0.05) is 46.8 Å². The maximum atomic E-state index is 6.13. The summed E-state index contributed by atoms with van der Waals surface area (Å²) in [6.07, 6.45) is 0. The maximum absolute atomic E-state index is 6.13. The highest BCUT2D eigenvalue weighted by Crippen LogP contribution is 2.37. The first kappa shape index (κ1) is 15.6. The number of rotatable bonds is 4. The van der Waals surface area contributed by atoms with Gasteiger partial charge in [0, 0.05) is 16.2 Å². The number of benzene rings is 1. The largest absolute Gasteiger partial charge is 0.327 e. The van der Waals surface area contributed by atoms with Crippen molar-refractivity contribution in [1.82, 2.24) is 0 Å². The van der Waals surface area contributed by atoms with E-state index in [0.29, 0.717) is 11.2 Å². The zero-order valence-corrected chi connectivity index (χ0v) is 13.3. The second kappa shape index (κ2) is 6.12. The van der Waals surface area contributed by atoms with Gasteiger partial charge in [-0.05, 0) is 36.0 Å². The van der Waals surface area contributed by atoms with Crippen molar-refractivity contribution in [1.29, 1.82) is 0 Å². The molecule has 1 aromatic carbocycles. The van der Waals surface area contributed by atoms with Crippen molar-refractivity contribution in [2.24, 2.45) is 11.1 Å². The summed E-state index contributed by atoms with van der Waals surface area (Å²) >= 11 is 1.90. The Morgan fingerprint density at radius 3 is 1.83 bits per heavy atom. The number of hydrogen-bond acceptors (Lipinski definition) is 2. The van der Waals surface area contributed by atoms with Gasteiger partial charge in [-0.25, -0.2) is 0 Å². The highest BCUT2D eigenvalue weighted by Gasteiger charge is 2.28. The van der Waals surface area contributed by atoms with Crippen molar-refractivity contribution in [3.63, 3.8) is 0 Å². The third-order valence-corrected chi connectivity index (χ3v) is 5.08. The summed E-state index contributed by atoms with van der Waals surface area (Å²) in [5.74, 6) is 0.593. The molecule has 0 fully saturated rings. The van der Waals surface area contributed by atoms with E-state index in [0.717, 1.165) is 0 Å². The summed E-state index contributed by atoms with van der Waals surface area (Å²) in [5.41, 5.74) is 7.74. The minimum Gasteiger partial charge on any atom is -0.327 e. The lowest BCUT2D eigenvalue weighted by molar-refractivity contribution is 0.363. The fraction of sp³-hybridized carbons (Fsp3) is 0.625. The van der Waals surface area contributed by atoms with Gasteiger partial charge < -0.3 is 5.73 Å². The predicted molar refractivity (Wildman–Crippen MR) is 83.3 cm³/mol. The molecule has 0 aliphatic heterocycles. The highest BCUT2D eigenvalue weighted by atomic mass is 32.2. The van der Waals surface area contributed by atoms with Crippen LogP contribution < -0.4 is 5.73 Å². The summed E-state index contributed by atoms with van der Waals surface area (Å²) in [7, 11) is 0. The van der Waals surface area contributed by atoms with Gasteiger partial charge in [0.1, 0.15) is 0 Å². The van der Waals surface area contributed by atoms with Gasteiger partial charge in [-0.2, -0.15) is 0 Å². The molecule has 0 spiro atoms. The van der Waals surface area contributed by atoms with Gasteiger partial charge in [0.25, 0.3) is 0 Å². The van der Waals surface area contributed by atoms with E-state index in [2.05, 4.69) is 65.8 Å². The first-order valence-electron chi connectivity index (χ1n) is 6.74. The standard InChI is InChI=1S/C16H27NS/c1-11(2)13-7-9-14(10-8-13)18-15(12(3)17)16(4,5)6/h7-12,15H,17H2,1-6H3. The molecule has 0 amide bonds. The molecule has 1 rings (SSSR count). The van der Waals surface area contributed by atoms with Gasteiger partial charge in [0.2, 0.25) is 0 Å². The molecule has 2 unspecified atom stereocenters. The van der Waals surface area contributed by atoms with Crippen molar-refractivity contribution >= 4 is 11.8 Å². The summed E-state index contributed by atoms with van der Waals surface area (Å²) in [4.78, 5) is 1.32. The lowest BCUT2D eigenvalue weighted by Gasteiger charge is -2.33. The molecule has 1 aromatic rings. The molecule has 2 N–H and O–H groups in total. The summed E-state index contributed by atoms with van der Waals surface area (Å²) in [6, 6.07) is 9.10. The van der Waals surface area contributed by atoms with Crippen LogP contribution in [0, 0.1) is 5.41 Å². The van der Waals surface area contributed by atoms with E-state index in [4.69, 9.17) is 5.73 Å². The molecular weight excluding hydrogens is 238 g/mol. The Hall–Kier alpha value is -0.470. The van der Waals surface area contributed by atoms with Crippen molar-refractivity contribution in [3.05, 3.63) is 29.8 Å². The number of nitrogens with two attached hydrogens (primary N) is 1. The van der Waals surface area contributed by atoms with Crippen LogP contribution in [0.5, 0.6) is 0 Å². The van der Waals surface area contributed by atoms with Crippen LogP contribution in [0.4, 0.5) is 0 Å². The van der Waals surface area contributed by atoms with Crippen LogP contribution in [-0.4, -0.2) is 11.3 Å². The minimum atomic E-state index is 0.194. The second-order valence-corrected chi connectivity index (χ2v) is 7.70. The van der Waals surface area contributed by atoms with Gasteiger partial charge in [0.15, 0.2) is 0 Å². The molecule has 2 heteroatoms. The SMILES string of the molecule is CC(C)c1ccc(SC(C(C)N)C(C)(C)C)cc1. The molecule has 0 bridgehead atoms. The van der Waals surface area contributed by atoms with Crippen molar-refractivity contribution in [2.75, 3.05) is 0 Å². The predicted octanol–water partition coefficient (Wildman–Crippen LogP) is 4.66. The summed E-state index contributed by atoms with van der Waals surface area (Å²) in [5, 5.41) is 0.433. The first-order chi connectivity index (χ1) is 8.21. The lowest BCUT2D eigenvalue weighted by atomic mass is 9.88. The summed E-state index contributed by atoms with van der Waals surface area (Å²) < 4.78 is 0. The van der Waals surface area contributed by atoms with Crippen LogP contribution in [-0.2, 0) is 0 Å². The molecule has 0 aromatic heterocycles. The zero-order chi connectivity index (χ0) is 13.9. The van der Waals surface area contributed by atoms with Crippen LogP contribution in [0.15, 0.2) is 29.2 Å². The van der Waals surface area contributed by atoms with E-state index >= 15 is 0 Å². The number of thioether (sulfide) groups is 1. The molecule has 0 heterocycles. The van der Waals surface area contributed by atoms with Gasteiger partial charge in [-0.3, -0.25) is 0 Å². The average Bonchev–Trinajstić information content (AvgIpc) is 2.24. The Morgan fingerprint density at radius 2 is 1.50 bits per heavy atom. The Bertz CT molecular complexity index is 360. The van der Waals surface area contributed by atoms with Gasteiger partial charge in [0.05, 0.1) is 0 Å². The van der Waals surface area contributed by atoms with E-state index in [-0.39, 0.29) is 11.5 Å². The normalized spacial score (nSPS) is 15.8. The quantitative estimate of drug-likeness (QED) is 0.801. The Kier molecular flexibility index (Phi) is 5.30. The molecule has 0 radical (unpaired) electrons. The molecule has 0 aliphatic carbocycles. The Balaban J connectivity index is 2.82. The number of hydrogen-bond donors (Lipinski definition) is 1. The van der Waals surface area contributed by atoms with Crippen LogP contribution in [0.25, 0.3) is 0 Å². The van der Waals surface area contributed by atoms with Gasteiger partial charge >= 0.3 is 0 Å². The fourth-order valence-corrected chi connectivity index (χ4v) is 3.31. The topological polar surface area (TPSA) is 26.0 Å². The van der Waals surface area contributed by atoms with E-state index < -0.39 is 0 Å². The molecule has 0 aliphatic rings. The molecular formula is C16H27NS. The Labute approximate surface area is 117 Å². The third-order valence-electron chi connectivity index (χ3n) is 3.14. The second-order valence-electron chi connectivity index (χ2n) is 6.49. The highest BCUT2D eigenvalue weighted by molar-refractivity contribution is 8.00. The van der Waals surface area contributed by atoms with E-state index in [1.54, 1.807) is 0 Å². The maximum Gasteiger partial charge on any atom is 0.0291 e. The molecule has 0 saturated carbocycles. The van der Waals surface area contributed by atoms with Crippen molar-refractivity contribution < 1.29 is 0 Å². The smallest absolute Gasteiger partial charge is 0.0291 e. The molecule has 0 saturated heterocycles. The average molecular weight is 265 g/mol. The van der Waals surface area contributed by atoms with Crippen LogP contribution in [0.1, 0.15) is 53.0 Å². The minimum absolute atomic E-state index is 0.194. The van der Waals surface area contributed by atoms with Crippen molar-refractivity contribution in [2.45, 2.75) is 63.6 Å². The third kappa shape index (κ3) is 4.33. The lowest BCUT2D eigenvalue weighted by Crippen LogP contribution is -2.38. The molecule has 18 heavy (non-hydrogen) atoms. The molecule has 102 valence electrons. The van der Waals surface area contributed by atoms with Crippen LogP contribution >= 0.6 is 11.8 Å². The van der Waals surface area contributed by atoms with E-state index in [1.165, 1.54) is 10.5 Å². The zero-order valence-electron chi connectivity index (χ0n) is 12.5. The van der Waals surface area contributed by atoms with Gasteiger partial charge in [-0.15, -0.1) is 11.8 Å². The Morgan fingerprint density at radius 1 is 1.00 bits per heavy atom. The fourth-order valence-electron chi connectivity index (χ4n) is 2.15. The van der Waals surface area contributed by atoms with E-state index in [1.807, 2.05) is 11.8 Å². The van der Waals surface area contributed by atoms with E-state index in [9.17, 15) is 0 Å². The molecule has 2 atom stereocenters.